The Hall–Kier alpha value is -4.80. The van der Waals surface area contributed by atoms with Crippen LogP contribution < -0.4 is 21.3 Å². The average molecular weight is 634 g/mol. The van der Waals surface area contributed by atoms with Crippen molar-refractivity contribution >= 4 is 34.3 Å². The van der Waals surface area contributed by atoms with Crippen LogP contribution in [0.15, 0.2) is 101 Å². The molecule has 1 aromatic heterocycles. The fourth-order valence-electron chi connectivity index (χ4n) is 5.80. The van der Waals surface area contributed by atoms with Crippen LogP contribution in [0.25, 0.3) is 22.0 Å². The maximum Gasteiger partial charge on any atom is 0.248 e. The van der Waals surface area contributed by atoms with Crippen LogP contribution in [0.2, 0.25) is 0 Å². The van der Waals surface area contributed by atoms with E-state index in [9.17, 15) is 4.79 Å². The zero-order valence-electron chi connectivity index (χ0n) is 28.2. The Balaban J connectivity index is 1.44. The smallest absolute Gasteiger partial charge is 0.248 e. The number of likely N-dealkylation sites (N-methyl/N-ethyl adjacent to an activating group) is 1. The number of nitrogens with zero attached hydrogens (tertiary/aromatic N) is 5. The normalized spacial score (nSPS) is 18.7. The lowest BCUT2D eigenvalue weighted by molar-refractivity contribution is -0.111. The van der Waals surface area contributed by atoms with Crippen molar-refractivity contribution in [3.05, 3.63) is 96.5 Å². The Morgan fingerprint density at radius 3 is 2.68 bits per heavy atom. The van der Waals surface area contributed by atoms with E-state index in [2.05, 4.69) is 53.8 Å². The van der Waals surface area contributed by atoms with Crippen molar-refractivity contribution in [2.45, 2.75) is 39.3 Å². The first-order chi connectivity index (χ1) is 22.7. The molecule has 10 heteroatoms. The fraction of sp³-hybridized carbons (Fsp3) is 0.351. The number of benzene rings is 2. The Morgan fingerprint density at radius 1 is 1.15 bits per heavy atom. The quantitative estimate of drug-likeness (QED) is 0.230. The van der Waals surface area contributed by atoms with Gasteiger partial charge in [-0.05, 0) is 80.7 Å². The Labute approximate surface area is 278 Å². The third-order valence-corrected chi connectivity index (χ3v) is 8.30. The molecule has 5 rings (SSSR count). The van der Waals surface area contributed by atoms with Gasteiger partial charge in [-0.25, -0.2) is 9.98 Å². The van der Waals surface area contributed by atoms with Crippen molar-refractivity contribution in [2.24, 2.45) is 15.9 Å². The Bertz CT molecular complexity index is 1710. The minimum atomic E-state index is -0.156. The highest BCUT2D eigenvalue weighted by molar-refractivity contribution is 6.04. The lowest BCUT2D eigenvalue weighted by atomic mass is 9.99. The van der Waals surface area contributed by atoms with Crippen LogP contribution >= 0.6 is 0 Å². The molecule has 0 radical (unpaired) electrons. The summed E-state index contributed by atoms with van der Waals surface area (Å²) in [7, 11) is 5.94. The van der Waals surface area contributed by atoms with Crippen LogP contribution in [0.4, 0.5) is 5.69 Å². The maximum atomic E-state index is 12.4. The number of nitrogens with one attached hydrogen (secondary N) is 4. The van der Waals surface area contributed by atoms with Crippen LogP contribution in [-0.2, 0) is 11.3 Å². The molecule has 0 aliphatic carbocycles. The summed E-state index contributed by atoms with van der Waals surface area (Å²) in [4.78, 5) is 31.4. The predicted molar refractivity (Wildman–Crippen MR) is 194 cm³/mol. The van der Waals surface area contributed by atoms with Gasteiger partial charge in [0.1, 0.15) is 5.82 Å². The molecule has 2 aliphatic heterocycles. The predicted octanol–water partition coefficient (Wildman–Crippen LogP) is 5.10. The minimum Gasteiger partial charge on any atom is -0.323 e. The van der Waals surface area contributed by atoms with E-state index in [4.69, 9.17) is 15.0 Å². The van der Waals surface area contributed by atoms with Gasteiger partial charge >= 0.3 is 0 Å². The second kappa shape index (κ2) is 15.7. The topological polar surface area (TPSA) is 109 Å². The molecule has 4 N–H and O–H groups in total. The van der Waals surface area contributed by atoms with Crippen molar-refractivity contribution in [1.29, 1.82) is 0 Å². The molecule has 2 aliphatic rings. The molecule has 0 atom stereocenters. The first-order valence-electron chi connectivity index (χ1n) is 16.3. The van der Waals surface area contributed by atoms with Crippen LogP contribution in [0.5, 0.6) is 0 Å². The van der Waals surface area contributed by atoms with Crippen molar-refractivity contribution < 1.29 is 4.79 Å². The van der Waals surface area contributed by atoms with E-state index in [1.54, 1.807) is 6.08 Å². The number of amides is 1. The van der Waals surface area contributed by atoms with E-state index in [1.165, 1.54) is 0 Å². The Morgan fingerprint density at radius 2 is 1.94 bits per heavy atom. The van der Waals surface area contributed by atoms with Crippen molar-refractivity contribution in [2.75, 3.05) is 46.1 Å². The summed E-state index contributed by atoms with van der Waals surface area (Å²) in [6.45, 7) is 11.5. The van der Waals surface area contributed by atoms with Gasteiger partial charge in [-0.15, -0.1) is 0 Å². The number of hydrogen-bond acceptors (Lipinski definition) is 6. The molecule has 3 heterocycles. The second-order valence-electron chi connectivity index (χ2n) is 12.5. The molecule has 2 fully saturated rings. The molecule has 47 heavy (non-hydrogen) atoms. The van der Waals surface area contributed by atoms with Gasteiger partial charge in [-0.2, -0.15) is 0 Å². The lowest BCUT2D eigenvalue weighted by Gasteiger charge is -2.35. The molecule has 2 aromatic carbocycles. The minimum absolute atomic E-state index is 0.156. The second-order valence-corrected chi connectivity index (χ2v) is 12.5. The zero-order valence-corrected chi connectivity index (χ0v) is 28.2. The highest BCUT2D eigenvalue weighted by atomic mass is 16.1. The van der Waals surface area contributed by atoms with Gasteiger partial charge in [-0.3, -0.25) is 15.1 Å². The van der Waals surface area contributed by atoms with Gasteiger partial charge in [-0.1, -0.05) is 62.9 Å². The van der Waals surface area contributed by atoms with Crippen molar-refractivity contribution in [3.63, 3.8) is 0 Å². The molecule has 2 saturated heterocycles. The first kappa shape index (κ1) is 33.6. The monoisotopic (exact) mass is 633 g/mol. The number of allylic oxidation sites excluding steroid dienone is 2. The van der Waals surface area contributed by atoms with Gasteiger partial charge in [0.05, 0.1) is 18.3 Å². The fourth-order valence-corrected chi connectivity index (χ4v) is 5.80. The van der Waals surface area contributed by atoms with E-state index in [0.717, 1.165) is 70.6 Å². The lowest BCUT2D eigenvalue weighted by Crippen LogP contribution is -2.57. The summed E-state index contributed by atoms with van der Waals surface area (Å²) < 4.78 is 0. The van der Waals surface area contributed by atoms with Gasteiger partial charge < -0.3 is 25.8 Å². The number of carbonyl (C=O) groups is 1. The molecule has 0 unspecified atom stereocenters. The summed E-state index contributed by atoms with van der Waals surface area (Å²) in [6.07, 6.45) is 9.14. The number of hydrogen-bond donors (Lipinski definition) is 4. The molecule has 10 nitrogen and oxygen atoms in total. The summed E-state index contributed by atoms with van der Waals surface area (Å²) in [6, 6.07) is 16.4. The highest BCUT2D eigenvalue weighted by Crippen LogP contribution is 2.31. The number of pyridine rings is 1. The summed E-state index contributed by atoms with van der Waals surface area (Å²) in [5.41, 5.74) is 4.76. The molecular weight excluding hydrogens is 586 g/mol. The highest BCUT2D eigenvalue weighted by Gasteiger charge is 2.26. The number of carbonyl (C=O) groups excluding carboxylic acids is 1. The SMILES string of the molecule is C=C/C(=C1/NC(=NC2CCNCC2)NC(=NCc2ccccc2-c2nccc3cc(NC(=O)/C=C/CN(C)C)ccc23)N1C)C(C)C. The maximum absolute atomic E-state index is 12.4. The standard InChI is InChI=1S/C37H47N9O/c1-7-30(25(2)3)35-43-36(42-28-17-19-38-20-18-28)44-37(46(35)6)40-24-27-11-8-9-12-31(27)34-32-15-14-29(23-26(32)16-21-39-34)41-33(47)13-10-22-45(4)5/h7-16,21,23,25,28,38H,1,17-20,22,24H2,2-6H3,(H,41,47)(H2,40,42,43,44)/b13-10+,35-30+. The number of piperidine rings is 1. The first-order valence-corrected chi connectivity index (χ1v) is 16.3. The number of anilines is 1. The van der Waals surface area contributed by atoms with E-state index in [-0.39, 0.29) is 17.9 Å². The molecular formula is C37H47N9O. The van der Waals surface area contributed by atoms with E-state index < -0.39 is 0 Å². The number of guanidine groups is 2. The van der Waals surface area contributed by atoms with Gasteiger partial charge in [0.2, 0.25) is 17.8 Å². The van der Waals surface area contributed by atoms with Crippen LogP contribution in [0, 0.1) is 5.92 Å². The number of fused-ring (bicyclic) bond motifs is 1. The summed E-state index contributed by atoms with van der Waals surface area (Å²) in [5.74, 6) is 2.47. The van der Waals surface area contributed by atoms with Gasteiger partial charge in [0.25, 0.3) is 0 Å². The summed E-state index contributed by atoms with van der Waals surface area (Å²) >= 11 is 0. The largest absolute Gasteiger partial charge is 0.323 e. The van der Waals surface area contributed by atoms with Gasteiger partial charge in [0.15, 0.2) is 0 Å². The molecule has 0 saturated carbocycles. The van der Waals surface area contributed by atoms with Crippen molar-refractivity contribution in [3.8, 4) is 11.3 Å². The van der Waals surface area contributed by atoms with Crippen LogP contribution in [0.3, 0.4) is 0 Å². The van der Waals surface area contributed by atoms with E-state index >= 15 is 0 Å². The third kappa shape index (κ3) is 8.52. The van der Waals surface area contributed by atoms with E-state index in [1.807, 2.05) is 85.7 Å². The third-order valence-electron chi connectivity index (χ3n) is 8.30. The molecule has 0 spiro atoms. The molecule has 246 valence electrons. The molecule has 0 bridgehead atoms. The van der Waals surface area contributed by atoms with E-state index in [0.29, 0.717) is 25.0 Å². The molecule has 1 amide bonds. The van der Waals surface area contributed by atoms with Crippen LogP contribution in [0.1, 0.15) is 32.3 Å². The van der Waals surface area contributed by atoms with Crippen molar-refractivity contribution in [1.82, 2.24) is 30.7 Å². The Kier molecular flexibility index (Phi) is 11.2. The zero-order chi connectivity index (χ0) is 33.3. The molecule has 3 aromatic rings. The number of aliphatic imine (C=N–C) groups is 2. The summed E-state index contributed by atoms with van der Waals surface area (Å²) in [5, 5.41) is 15.4. The number of aromatic nitrogens is 1. The average Bonchev–Trinajstić information content (AvgIpc) is 3.05. The van der Waals surface area contributed by atoms with Crippen LogP contribution in [-0.4, -0.2) is 79.4 Å². The number of rotatable bonds is 10. The van der Waals surface area contributed by atoms with Gasteiger partial charge in [0, 0.05) is 42.5 Å².